The predicted octanol–water partition coefficient (Wildman–Crippen LogP) is 4.27. The molecule has 0 saturated heterocycles. The Morgan fingerprint density at radius 2 is 1.61 bits per heavy atom. The van der Waals surface area contributed by atoms with Crippen molar-refractivity contribution in [2.24, 2.45) is 0 Å². The van der Waals surface area contributed by atoms with E-state index in [0.29, 0.717) is 6.04 Å². The molecule has 0 aliphatic carbocycles. The quantitative estimate of drug-likeness (QED) is 0.682. The second kappa shape index (κ2) is 8.15. The summed E-state index contributed by atoms with van der Waals surface area (Å²) in [5.74, 6) is 0.969. The third-order valence-corrected chi connectivity index (χ3v) is 3.39. The summed E-state index contributed by atoms with van der Waals surface area (Å²) < 4.78 is 5.50. The third-order valence-electron chi connectivity index (χ3n) is 3.39. The molecule has 0 radical (unpaired) electrons. The average molecular weight is 249 g/mol. The molecule has 1 rings (SSSR count). The molecule has 0 aromatic heterocycles. The van der Waals surface area contributed by atoms with Gasteiger partial charge in [-0.25, -0.2) is 0 Å². The highest BCUT2D eigenvalue weighted by Gasteiger charge is 2.16. The second-order valence-electron chi connectivity index (χ2n) is 4.53. The summed E-state index contributed by atoms with van der Waals surface area (Å²) >= 11 is 0. The van der Waals surface area contributed by atoms with E-state index in [1.54, 1.807) is 0 Å². The molecule has 2 heteroatoms. The number of hydrogen-bond donors (Lipinski definition) is 0. The first kappa shape index (κ1) is 15.0. The van der Waals surface area contributed by atoms with Gasteiger partial charge in [0, 0.05) is 6.04 Å². The molecule has 1 aromatic carbocycles. The van der Waals surface area contributed by atoms with Gasteiger partial charge in [-0.15, -0.1) is 0 Å². The minimum atomic E-state index is 0.542. The zero-order chi connectivity index (χ0) is 13.4. The zero-order valence-corrected chi connectivity index (χ0v) is 12.3. The molecule has 0 N–H and O–H groups in total. The maximum absolute atomic E-state index is 5.50. The molecule has 0 saturated carbocycles. The monoisotopic (exact) mass is 249 g/mol. The molecule has 0 aliphatic heterocycles. The predicted molar refractivity (Wildman–Crippen MR) is 78.2 cm³/mol. The van der Waals surface area contributed by atoms with E-state index in [4.69, 9.17) is 4.74 Å². The molecule has 1 aromatic rings. The molecule has 1 unspecified atom stereocenters. The fraction of sp³-hybridized carbons (Fsp3) is 0.625. The summed E-state index contributed by atoms with van der Waals surface area (Å²) in [6.45, 7) is 11.7. The Morgan fingerprint density at radius 3 is 2.06 bits per heavy atom. The van der Waals surface area contributed by atoms with E-state index in [1.165, 1.54) is 18.4 Å². The molecular weight excluding hydrogens is 222 g/mol. The first-order chi connectivity index (χ1) is 8.76. The summed E-state index contributed by atoms with van der Waals surface area (Å²) in [5.41, 5.74) is 1.41. The average Bonchev–Trinajstić information content (AvgIpc) is 2.40. The number of ether oxygens (including phenoxy) is 1. The molecule has 0 heterocycles. The van der Waals surface area contributed by atoms with Gasteiger partial charge in [-0.3, -0.25) is 4.90 Å². The lowest BCUT2D eigenvalue weighted by Crippen LogP contribution is -2.28. The molecule has 0 bridgehead atoms. The Morgan fingerprint density at radius 1 is 1.00 bits per heavy atom. The Labute approximate surface area is 112 Å². The number of nitrogens with zero attached hydrogens (tertiary/aromatic N) is 1. The molecule has 2 nitrogen and oxygen atoms in total. The summed E-state index contributed by atoms with van der Waals surface area (Å²) in [7, 11) is 0. The van der Waals surface area contributed by atoms with Crippen LogP contribution in [0, 0.1) is 0 Å². The van der Waals surface area contributed by atoms with Gasteiger partial charge in [0.1, 0.15) is 5.75 Å². The lowest BCUT2D eigenvalue weighted by Gasteiger charge is -2.30. The molecule has 102 valence electrons. The molecule has 0 amide bonds. The molecule has 0 fully saturated rings. The van der Waals surface area contributed by atoms with Crippen LogP contribution in [0.1, 0.15) is 52.1 Å². The summed E-state index contributed by atoms with van der Waals surface area (Å²) in [4.78, 5) is 2.53. The number of hydrogen-bond acceptors (Lipinski definition) is 2. The van der Waals surface area contributed by atoms with E-state index in [2.05, 4.69) is 49.9 Å². The standard InChI is InChI=1S/C16H27NO/c1-5-9-16(17(6-2)7-3)14-10-12-15(13-11-14)18-8-4/h10-13,16H,5-9H2,1-4H3. The summed E-state index contributed by atoms with van der Waals surface area (Å²) in [6, 6.07) is 9.14. The van der Waals surface area contributed by atoms with Gasteiger partial charge < -0.3 is 4.74 Å². The van der Waals surface area contributed by atoms with Crippen molar-refractivity contribution in [1.82, 2.24) is 4.90 Å². The van der Waals surface area contributed by atoms with E-state index in [-0.39, 0.29) is 0 Å². The fourth-order valence-corrected chi connectivity index (χ4v) is 2.45. The Balaban J connectivity index is 2.84. The van der Waals surface area contributed by atoms with Crippen LogP contribution in [0.3, 0.4) is 0 Å². The fourth-order valence-electron chi connectivity index (χ4n) is 2.45. The third kappa shape index (κ3) is 4.02. The van der Waals surface area contributed by atoms with E-state index in [9.17, 15) is 0 Å². The van der Waals surface area contributed by atoms with E-state index in [1.807, 2.05) is 6.92 Å². The number of benzene rings is 1. The molecule has 1 atom stereocenters. The van der Waals surface area contributed by atoms with Crippen LogP contribution in [0.2, 0.25) is 0 Å². The van der Waals surface area contributed by atoms with E-state index >= 15 is 0 Å². The van der Waals surface area contributed by atoms with Crippen LogP contribution in [0.5, 0.6) is 5.75 Å². The van der Waals surface area contributed by atoms with Gasteiger partial charge in [0.2, 0.25) is 0 Å². The topological polar surface area (TPSA) is 12.5 Å². The van der Waals surface area contributed by atoms with Gasteiger partial charge in [0.05, 0.1) is 6.61 Å². The smallest absolute Gasteiger partial charge is 0.119 e. The second-order valence-corrected chi connectivity index (χ2v) is 4.53. The maximum Gasteiger partial charge on any atom is 0.119 e. The van der Waals surface area contributed by atoms with Gasteiger partial charge in [0.15, 0.2) is 0 Å². The highest BCUT2D eigenvalue weighted by atomic mass is 16.5. The SMILES string of the molecule is CCCC(c1ccc(OCC)cc1)N(CC)CC. The van der Waals surface area contributed by atoms with Gasteiger partial charge >= 0.3 is 0 Å². The van der Waals surface area contributed by atoms with Crippen LogP contribution < -0.4 is 4.74 Å². The molecule has 0 spiro atoms. The van der Waals surface area contributed by atoms with Crippen molar-refractivity contribution < 1.29 is 4.74 Å². The van der Waals surface area contributed by atoms with E-state index < -0.39 is 0 Å². The molecule has 18 heavy (non-hydrogen) atoms. The largest absolute Gasteiger partial charge is 0.494 e. The minimum absolute atomic E-state index is 0.542. The normalized spacial score (nSPS) is 12.7. The van der Waals surface area contributed by atoms with Crippen LogP contribution in [0.25, 0.3) is 0 Å². The molecule has 0 aliphatic rings. The Bertz CT molecular complexity index is 316. The minimum Gasteiger partial charge on any atom is -0.494 e. The van der Waals surface area contributed by atoms with Crippen molar-refractivity contribution in [3.05, 3.63) is 29.8 Å². The van der Waals surface area contributed by atoms with Gasteiger partial charge in [0.25, 0.3) is 0 Å². The Hall–Kier alpha value is -1.02. The lowest BCUT2D eigenvalue weighted by molar-refractivity contribution is 0.207. The van der Waals surface area contributed by atoms with Crippen LogP contribution >= 0.6 is 0 Å². The van der Waals surface area contributed by atoms with Crippen LogP contribution in [0.15, 0.2) is 24.3 Å². The van der Waals surface area contributed by atoms with Gasteiger partial charge in [-0.1, -0.05) is 39.3 Å². The highest BCUT2D eigenvalue weighted by Crippen LogP contribution is 2.27. The first-order valence-electron chi connectivity index (χ1n) is 7.23. The zero-order valence-electron chi connectivity index (χ0n) is 12.3. The van der Waals surface area contributed by atoms with Crippen molar-refractivity contribution in [2.75, 3.05) is 19.7 Å². The van der Waals surface area contributed by atoms with Gasteiger partial charge in [-0.2, -0.15) is 0 Å². The molecular formula is C16H27NO. The van der Waals surface area contributed by atoms with Crippen molar-refractivity contribution in [1.29, 1.82) is 0 Å². The van der Waals surface area contributed by atoms with Crippen LogP contribution in [-0.4, -0.2) is 24.6 Å². The number of rotatable bonds is 8. The highest BCUT2D eigenvalue weighted by molar-refractivity contribution is 5.29. The van der Waals surface area contributed by atoms with Crippen molar-refractivity contribution in [3.8, 4) is 5.75 Å². The maximum atomic E-state index is 5.50. The lowest BCUT2D eigenvalue weighted by atomic mass is 10.0. The summed E-state index contributed by atoms with van der Waals surface area (Å²) in [6.07, 6.45) is 2.43. The van der Waals surface area contributed by atoms with Gasteiger partial charge in [-0.05, 0) is 44.1 Å². The van der Waals surface area contributed by atoms with Crippen molar-refractivity contribution in [2.45, 2.75) is 46.6 Å². The van der Waals surface area contributed by atoms with Crippen molar-refractivity contribution >= 4 is 0 Å². The summed E-state index contributed by atoms with van der Waals surface area (Å²) in [5, 5.41) is 0. The first-order valence-corrected chi connectivity index (χ1v) is 7.23. The van der Waals surface area contributed by atoms with E-state index in [0.717, 1.165) is 25.4 Å². The van der Waals surface area contributed by atoms with Crippen LogP contribution in [0.4, 0.5) is 0 Å². The van der Waals surface area contributed by atoms with Crippen molar-refractivity contribution in [3.63, 3.8) is 0 Å². The van der Waals surface area contributed by atoms with Crippen LogP contribution in [-0.2, 0) is 0 Å². The Kier molecular flexibility index (Phi) is 6.81.